The van der Waals surface area contributed by atoms with Gasteiger partial charge in [-0.1, -0.05) is 0 Å². The molecule has 0 unspecified atom stereocenters. The second-order valence-electron chi connectivity index (χ2n) is 3.31. The van der Waals surface area contributed by atoms with E-state index in [0.29, 0.717) is 0 Å². The molecule has 0 aliphatic rings. The van der Waals surface area contributed by atoms with E-state index in [-0.39, 0.29) is 15.7 Å². The standard InChI is InChI=1S/C8H11N5O4S2/c1-10-8(18)12-11-6-3-2-5(19(9,16)17)4-7(6)13(14)15/h2-4,11H,1H3,(H2,9,16,17)(H2,10,12,18). The van der Waals surface area contributed by atoms with Gasteiger partial charge in [-0.15, -0.1) is 0 Å². The van der Waals surface area contributed by atoms with Crippen LogP contribution in [-0.2, 0) is 10.0 Å². The first-order valence-electron chi connectivity index (χ1n) is 4.80. The molecule has 5 N–H and O–H groups in total. The second kappa shape index (κ2) is 5.77. The Morgan fingerprint density at radius 2 is 2.11 bits per heavy atom. The first kappa shape index (κ1) is 15.1. The zero-order chi connectivity index (χ0) is 14.6. The first-order chi connectivity index (χ1) is 8.75. The third-order valence-electron chi connectivity index (χ3n) is 2.03. The summed E-state index contributed by atoms with van der Waals surface area (Å²) >= 11 is 4.78. The zero-order valence-corrected chi connectivity index (χ0v) is 11.3. The fraction of sp³-hybridized carbons (Fsp3) is 0.125. The molecule has 0 aliphatic heterocycles. The highest BCUT2D eigenvalue weighted by atomic mass is 32.2. The molecule has 1 aromatic rings. The molecular weight excluding hydrogens is 294 g/mol. The number of nitrogens with two attached hydrogens (primary N) is 1. The van der Waals surface area contributed by atoms with Crippen LogP contribution in [0.15, 0.2) is 23.1 Å². The van der Waals surface area contributed by atoms with E-state index in [9.17, 15) is 18.5 Å². The Bertz CT molecular complexity index is 616. The molecule has 1 aromatic carbocycles. The van der Waals surface area contributed by atoms with Crippen LogP contribution >= 0.6 is 12.2 Å². The van der Waals surface area contributed by atoms with Gasteiger partial charge >= 0.3 is 0 Å². The highest BCUT2D eigenvalue weighted by Gasteiger charge is 2.18. The predicted molar refractivity (Wildman–Crippen MR) is 72.9 cm³/mol. The van der Waals surface area contributed by atoms with E-state index in [1.165, 1.54) is 6.07 Å². The number of nitrogens with zero attached hydrogens (tertiary/aromatic N) is 1. The lowest BCUT2D eigenvalue weighted by atomic mass is 10.3. The van der Waals surface area contributed by atoms with Crippen LogP contribution in [0.1, 0.15) is 0 Å². The smallest absolute Gasteiger partial charge is 0.295 e. The van der Waals surface area contributed by atoms with Crippen molar-refractivity contribution in [1.82, 2.24) is 10.7 Å². The molecule has 0 bridgehead atoms. The van der Waals surface area contributed by atoms with Gasteiger partial charge in [-0.05, 0) is 24.4 Å². The second-order valence-corrected chi connectivity index (χ2v) is 5.28. The van der Waals surface area contributed by atoms with Gasteiger partial charge in [0.25, 0.3) is 5.69 Å². The van der Waals surface area contributed by atoms with Crippen LogP contribution in [0, 0.1) is 10.1 Å². The number of nitro benzene ring substituents is 1. The molecule has 104 valence electrons. The topological polar surface area (TPSA) is 139 Å². The van der Waals surface area contributed by atoms with E-state index in [1.54, 1.807) is 7.05 Å². The lowest BCUT2D eigenvalue weighted by Crippen LogP contribution is -2.36. The van der Waals surface area contributed by atoms with Gasteiger partial charge in [0.15, 0.2) is 5.11 Å². The summed E-state index contributed by atoms with van der Waals surface area (Å²) in [7, 11) is -2.44. The van der Waals surface area contributed by atoms with Gasteiger partial charge in [0, 0.05) is 13.1 Å². The number of hydrogen-bond donors (Lipinski definition) is 4. The van der Waals surface area contributed by atoms with Crippen molar-refractivity contribution in [1.29, 1.82) is 0 Å². The molecule has 11 heteroatoms. The van der Waals surface area contributed by atoms with Gasteiger partial charge in [0.05, 0.1) is 9.82 Å². The summed E-state index contributed by atoms with van der Waals surface area (Å²) in [5, 5.41) is 18.6. The van der Waals surface area contributed by atoms with Crippen LogP contribution in [0.5, 0.6) is 0 Å². The Morgan fingerprint density at radius 1 is 1.47 bits per heavy atom. The van der Waals surface area contributed by atoms with E-state index in [1.807, 2.05) is 0 Å². The Balaban J connectivity index is 3.12. The number of hydrogen-bond acceptors (Lipinski definition) is 6. The lowest BCUT2D eigenvalue weighted by molar-refractivity contribution is -0.384. The van der Waals surface area contributed by atoms with Gasteiger partial charge < -0.3 is 5.32 Å². The van der Waals surface area contributed by atoms with Crippen LogP contribution in [0.2, 0.25) is 0 Å². The number of nitrogens with one attached hydrogen (secondary N) is 3. The Kier molecular flexibility index (Phi) is 4.58. The Morgan fingerprint density at radius 3 is 2.58 bits per heavy atom. The van der Waals surface area contributed by atoms with Gasteiger partial charge in [-0.3, -0.25) is 21.0 Å². The monoisotopic (exact) mass is 305 g/mol. The van der Waals surface area contributed by atoms with Crippen molar-refractivity contribution in [2.45, 2.75) is 4.90 Å². The van der Waals surface area contributed by atoms with Crippen LogP contribution < -0.4 is 21.3 Å². The minimum absolute atomic E-state index is 0.0509. The van der Waals surface area contributed by atoms with E-state index in [0.717, 1.165) is 12.1 Å². The molecule has 0 spiro atoms. The number of primary sulfonamides is 1. The van der Waals surface area contributed by atoms with E-state index in [4.69, 9.17) is 17.4 Å². The maximum absolute atomic E-state index is 11.1. The van der Waals surface area contributed by atoms with E-state index >= 15 is 0 Å². The molecule has 9 nitrogen and oxygen atoms in total. The number of hydrazine groups is 1. The summed E-state index contributed by atoms with van der Waals surface area (Å²) in [4.78, 5) is 9.79. The number of benzene rings is 1. The molecule has 0 aromatic heterocycles. The van der Waals surface area contributed by atoms with Gasteiger partial charge in [-0.25, -0.2) is 13.6 Å². The van der Waals surface area contributed by atoms with Gasteiger partial charge in [0.2, 0.25) is 10.0 Å². The van der Waals surface area contributed by atoms with E-state index in [2.05, 4.69) is 16.2 Å². The fourth-order valence-electron chi connectivity index (χ4n) is 1.13. The number of nitro groups is 1. The van der Waals surface area contributed by atoms with Crippen LogP contribution in [0.25, 0.3) is 0 Å². The van der Waals surface area contributed by atoms with Crippen molar-refractivity contribution in [2.75, 3.05) is 12.5 Å². The highest BCUT2D eigenvalue weighted by Crippen LogP contribution is 2.26. The molecule has 0 heterocycles. The number of rotatable bonds is 4. The van der Waals surface area contributed by atoms with Gasteiger partial charge in [-0.2, -0.15) is 0 Å². The number of sulfonamides is 1. The minimum Gasteiger partial charge on any atom is -0.364 e. The van der Waals surface area contributed by atoms with Gasteiger partial charge in [0.1, 0.15) is 5.69 Å². The van der Waals surface area contributed by atoms with Crippen molar-refractivity contribution in [3.8, 4) is 0 Å². The minimum atomic E-state index is -4.00. The fourth-order valence-corrected chi connectivity index (χ4v) is 1.72. The van der Waals surface area contributed by atoms with Crippen molar-refractivity contribution in [3.05, 3.63) is 28.3 Å². The van der Waals surface area contributed by atoms with Crippen molar-refractivity contribution >= 4 is 38.7 Å². The molecule has 1 rings (SSSR count). The van der Waals surface area contributed by atoms with E-state index < -0.39 is 20.6 Å². The summed E-state index contributed by atoms with van der Waals surface area (Å²) < 4.78 is 22.2. The summed E-state index contributed by atoms with van der Waals surface area (Å²) in [5.41, 5.74) is 4.58. The maximum Gasteiger partial charge on any atom is 0.295 e. The highest BCUT2D eigenvalue weighted by molar-refractivity contribution is 7.89. The predicted octanol–water partition coefficient (Wildman–Crippen LogP) is -0.337. The molecule has 0 saturated carbocycles. The molecule has 0 atom stereocenters. The largest absolute Gasteiger partial charge is 0.364 e. The summed E-state index contributed by atoms with van der Waals surface area (Å²) in [6.07, 6.45) is 0. The molecular formula is C8H11N5O4S2. The Hall–Kier alpha value is -1.98. The molecule has 19 heavy (non-hydrogen) atoms. The average molecular weight is 305 g/mol. The quantitative estimate of drug-likeness (QED) is 0.336. The first-order valence-corrected chi connectivity index (χ1v) is 6.76. The maximum atomic E-state index is 11.1. The third-order valence-corrected chi connectivity index (χ3v) is 3.25. The average Bonchev–Trinajstić information content (AvgIpc) is 2.34. The molecule has 0 aliphatic carbocycles. The van der Waals surface area contributed by atoms with Crippen LogP contribution in [0.4, 0.5) is 11.4 Å². The molecule has 0 fully saturated rings. The summed E-state index contributed by atoms with van der Waals surface area (Å²) in [6.45, 7) is 0. The zero-order valence-electron chi connectivity index (χ0n) is 9.71. The molecule has 0 amide bonds. The van der Waals surface area contributed by atoms with Crippen molar-refractivity contribution < 1.29 is 13.3 Å². The Labute approximate surface area is 114 Å². The summed E-state index contributed by atoms with van der Waals surface area (Å²) in [5.74, 6) is 0. The van der Waals surface area contributed by atoms with Crippen molar-refractivity contribution in [2.24, 2.45) is 5.14 Å². The van der Waals surface area contributed by atoms with Crippen molar-refractivity contribution in [3.63, 3.8) is 0 Å². The van der Waals surface area contributed by atoms with Crippen LogP contribution in [-0.4, -0.2) is 25.5 Å². The van der Waals surface area contributed by atoms with Crippen LogP contribution in [0.3, 0.4) is 0 Å². The molecule has 0 radical (unpaired) electrons. The number of thiocarbonyl (C=S) groups is 1. The SMILES string of the molecule is CNC(=S)NNc1ccc(S(N)(=O)=O)cc1[N+](=O)[O-]. The molecule has 0 saturated heterocycles. The lowest BCUT2D eigenvalue weighted by Gasteiger charge is -2.10. The number of anilines is 1. The third kappa shape index (κ3) is 4.01. The normalized spacial score (nSPS) is 10.6. The summed E-state index contributed by atoms with van der Waals surface area (Å²) in [6, 6.07) is 3.22.